The van der Waals surface area contributed by atoms with Gasteiger partial charge >= 0.3 is 0 Å². The lowest BCUT2D eigenvalue weighted by Crippen LogP contribution is -2.52. The minimum atomic E-state index is -3.31. The van der Waals surface area contributed by atoms with E-state index in [1.54, 1.807) is 11.8 Å². The van der Waals surface area contributed by atoms with Gasteiger partial charge in [-0.05, 0) is 25.7 Å². The van der Waals surface area contributed by atoms with E-state index in [2.05, 4.69) is 6.92 Å². The molecule has 1 fully saturated rings. The lowest BCUT2D eigenvalue weighted by molar-refractivity contribution is -0.135. The van der Waals surface area contributed by atoms with Crippen molar-refractivity contribution < 1.29 is 13.2 Å². The Morgan fingerprint density at radius 1 is 1.45 bits per heavy atom. The van der Waals surface area contributed by atoms with Crippen LogP contribution in [-0.2, 0) is 14.8 Å². The summed E-state index contributed by atoms with van der Waals surface area (Å²) >= 11 is 0. The summed E-state index contributed by atoms with van der Waals surface area (Å²) in [7, 11) is -1.87. The molecule has 0 spiro atoms. The molecular formula is C12H26ClN3O3S. The average molecular weight is 328 g/mol. The normalized spacial score (nSPS) is 23.6. The highest BCUT2D eigenvalue weighted by Gasteiger charge is 2.30. The molecule has 1 saturated heterocycles. The van der Waals surface area contributed by atoms with E-state index >= 15 is 0 Å². The van der Waals surface area contributed by atoms with E-state index in [9.17, 15) is 13.2 Å². The lowest BCUT2D eigenvalue weighted by atomic mass is 9.92. The molecule has 0 aromatic rings. The second-order valence-electron chi connectivity index (χ2n) is 5.26. The molecule has 1 heterocycles. The van der Waals surface area contributed by atoms with Crippen molar-refractivity contribution in [3.05, 3.63) is 0 Å². The van der Waals surface area contributed by atoms with Crippen LogP contribution in [0.3, 0.4) is 0 Å². The quantitative estimate of drug-likeness (QED) is 0.786. The predicted molar refractivity (Wildman–Crippen MR) is 82.3 cm³/mol. The van der Waals surface area contributed by atoms with Gasteiger partial charge in [-0.15, -0.1) is 12.4 Å². The fourth-order valence-corrected chi connectivity index (χ4v) is 3.15. The Kier molecular flexibility index (Phi) is 8.01. The van der Waals surface area contributed by atoms with Gasteiger partial charge in [-0.1, -0.05) is 6.92 Å². The minimum Gasteiger partial charge on any atom is -0.337 e. The van der Waals surface area contributed by atoms with E-state index in [1.165, 1.54) is 7.05 Å². The SMILES string of the molecule is CCS(=O)(=O)N(C)CC(=O)N1CCC(C)CC1CN.Cl. The summed E-state index contributed by atoms with van der Waals surface area (Å²) < 4.78 is 24.4. The minimum absolute atomic E-state index is 0. The van der Waals surface area contributed by atoms with Gasteiger partial charge in [0.15, 0.2) is 0 Å². The second kappa shape index (κ2) is 8.17. The number of carbonyl (C=O) groups excluding carboxylic acids is 1. The summed E-state index contributed by atoms with van der Waals surface area (Å²) in [6.45, 7) is 4.73. The van der Waals surface area contributed by atoms with Crippen LogP contribution < -0.4 is 5.73 Å². The van der Waals surface area contributed by atoms with Gasteiger partial charge in [0.25, 0.3) is 0 Å². The number of likely N-dealkylation sites (tertiary alicyclic amines) is 1. The van der Waals surface area contributed by atoms with Crippen molar-refractivity contribution >= 4 is 28.3 Å². The molecule has 0 saturated carbocycles. The van der Waals surface area contributed by atoms with Crippen LogP contribution >= 0.6 is 12.4 Å². The van der Waals surface area contributed by atoms with E-state index < -0.39 is 10.0 Å². The first-order chi connectivity index (χ1) is 8.81. The molecular weight excluding hydrogens is 302 g/mol. The first-order valence-corrected chi connectivity index (χ1v) is 8.36. The number of carbonyl (C=O) groups is 1. The number of piperidine rings is 1. The van der Waals surface area contributed by atoms with Crippen molar-refractivity contribution in [1.82, 2.24) is 9.21 Å². The number of rotatable bonds is 5. The molecule has 120 valence electrons. The molecule has 0 radical (unpaired) electrons. The number of nitrogens with two attached hydrogens (primary N) is 1. The molecule has 1 amide bonds. The smallest absolute Gasteiger partial charge is 0.238 e. The van der Waals surface area contributed by atoms with Gasteiger partial charge in [0.2, 0.25) is 15.9 Å². The Morgan fingerprint density at radius 3 is 2.55 bits per heavy atom. The maximum Gasteiger partial charge on any atom is 0.238 e. The molecule has 0 aromatic heterocycles. The highest BCUT2D eigenvalue weighted by molar-refractivity contribution is 7.89. The third kappa shape index (κ3) is 4.87. The van der Waals surface area contributed by atoms with Crippen molar-refractivity contribution in [2.24, 2.45) is 11.7 Å². The number of likely N-dealkylation sites (N-methyl/N-ethyl adjacent to an activating group) is 1. The highest BCUT2D eigenvalue weighted by atomic mass is 35.5. The fraction of sp³-hybridized carbons (Fsp3) is 0.917. The van der Waals surface area contributed by atoms with Crippen LogP contribution in [0.2, 0.25) is 0 Å². The Hall–Kier alpha value is -0.370. The van der Waals surface area contributed by atoms with Gasteiger partial charge < -0.3 is 10.6 Å². The molecule has 1 aliphatic rings. The number of sulfonamides is 1. The first kappa shape index (κ1) is 19.6. The maximum absolute atomic E-state index is 12.2. The van der Waals surface area contributed by atoms with Crippen LogP contribution in [0.4, 0.5) is 0 Å². The molecule has 1 aliphatic heterocycles. The monoisotopic (exact) mass is 327 g/mol. The van der Waals surface area contributed by atoms with Gasteiger partial charge in [-0.3, -0.25) is 4.79 Å². The van der Waals surface area contributed by atoms with Crippen LogP contribution in [0.1, 0.15) is 26.7 Å². The highest BCUT2D eigenvalue weighted by Crippen LogP contribution is 2.22. The first-order valence-electron chi connectivity index (χ1n) is 6.75. The summed E-state index contributed by atoms with van der Waals surface area (Å²) in [5.41, 5.74) is 5.71. The van der Waals surface area contributed by atoms with Gasteiger partial charge in [-0.2, -0.15) is 4.31 Å². The molecule has 8 heteroatoms. The second-order valence-corrected chi connectivity index (χ2v) is 7.63. The maximum atomic E-state index is 12.2. The molecule has 6 nitrogen and oxygen atoms in total. The summed E-state index contributed by atoms with van der Waals surface area (Å²) in [6.07, 6.45) is 1.85. The largest absolute Gasteiger partial charge is 0.337 e. The van der Waals surface area contributed by atoms with E-state index in [1.807, 2.05) is 0 Å². The molecule has 0 bridgehead atoms. The molecule has 20 heavy (non-hydrogen) atoms. The molecule has 0 aliphatic carbocycles. The predicted octanol–water partition coefficient (Wildman–Crippen LogP) is 0.276. The summed E-state index contributed by atoms with van der Waals surface area (Å²) in [5.74, 6) is 0.422. The summed E-state index contributed by atoms with van der Waals surface area (Å²) in [4.78, 5) is 13.9. The van der Waals surface area contributed by atoms with Crippen molar-refractivity contribution in [2.75, 3.05) is 32.4 Å². The van der Waals surface area contributed by atoms with Crippen molar-refractivity contribution in [1.29, 1.82) is 0 Å². The Bertz CT molecular complexity index is 416. The number of halogens is 1. The number of amides is 1. The van der Waals surface area contributed by atoms with Gasteiger partial charge in [-0.25, -0.2) is 8.42 Å². The number of hydrogen-bond acceptors (Lipinski definition) is 4. The van der Waals surface area contributed by atoms with Crippen LogP contribution in [0.15, 0.2) is 0 Å². The van der Waals surface area contributed by atoms with Crippen molar-refractivity contribution in [3.63, 3.8) is 0 Å². The van der Waals surface area contributed by atoms with Crippen molar-refractivity contribution in [3.8, 4) is 0 Å². The molecule has 2 unspecified atom stereocenters. The van der Waals surface area contributed by atoms with Crippen molar-refractivity contribution in [2.45, 2.75) is 32.7 Å². The zero-order valence-electron chi connectivity index (χ0n) is 12.4. The number of hydrogen-bond donors (Lipinski definition) is 1. The Labute approximate surface area is 128 Å². The van der Waals surface area contributed by atoms with Crippen LogP contribution in [-0.4, -0.2) is 62.0 Å². The van der Waals surface area contributed by atoms with Gasteiger partial charge in [0.1, 0.15) is 0 Å². The number of nitrogens with zero attached hydrogens (tertiary/aromatic N) is 2. The standard InChI is InChI=1S/C12H25N3O3S.ClH/c1-4-19(17,18)14(3)9-12(16)15-6-5-10(2)7-11(15)8-13;/h10-11H,4-9,13H2,1-3H3;1H. The third-order valence-electron chi connectivity index (χ3n) is 3.77. The third-order valence-corrected chi connectivity index (χ3v) is 5.58. The zero-order valence-corrected chi connectivity index (χ0v) is 14.0. The lowest BCUT2D eigenvalue weighted by Gasteiger charge is -2.38. The Morgan fingerprint density at radius 2 is 2.05 bits per heavy atom. The van der Waals surface area contributed by atoms with Gasteiger partial charge in [0.05, 0.1) is 12.3 Å². The van der Waals surface area contributed by atoms with E-state index in [4.69, 9.17) is 5.73 Å². The van der Waals surface area contributed by atoms with Crippen LogP contribution in [0.25, 0.3) is 0 Å². The van der Waals surface area contributed by atoms with E-state index in [0.717, 1.165) is 17.1 Å². The topological polar surface area (TPSA) is 83.7 Å². The van der Waals surface area contributed by atoms with E-state index in [-0.39, 0.29) is 36.7 Å². The van der Waals surface area contributed by atoms with Gasteiger partial charge in [0, 0.05) is 26.2 Å². The summed E-state index contributed by atoms with van der Waals surface area (Å²) in [6, 6.07) is 0.0361. The Balaban J connectivity index is 0.00000361. The molecule has 2 atom stereocenters. The summed E-state index contributed by atoms with van der Waals surface area (Å²) in [5, 5.41) is 0. The molecule has 1 rings (SSSR count). The fourth-order valence-electron chi connectivity index (χ4n) is 2.40. The van der Waals surface area contributed by atoms with E-state index in [0.29, 0.717) is 19.0 Å². The van der Waals surface area contributed by atoms with Crippen LogP contribution in [0.5, 0.6) is 0 Å². The molecule has 0 aromatic carbocycles. The zero-order chi connectivity index (χ0) is 14.6. The average Bonchev–Trinajstić information content (AvgIpc) is 2.38. The van der Waals surface area contributed by atoms with Crippen LogP contribution in [0, 0.1) is 5.92 Å². The molecule has 2 N–H and O–H groups in total.